The van der Waals surface area contributed by atoms with Crippen LogP contribution in [0.2, 0.25) is 0 Å². The Bertz CT molecular complexity index is 1380. The number of rotatable bonds is 8. The summed E-state index contributed by atoms with van der Waals surface area (Å²) in [5.41, 5.74) is 1.92. The topological polar surface area (TPSA) is 121 Å². The minimum atomic E-state index is -3.73. The van der Waals surface area contributed by atoms with Crippen LogP contribution >= 0.6 is 0 Å². The average molecular weight is 486 g/mol. The molecule has 8 nitrogen and oxygen atoms in total. The van der Waals surface area contributed by atoms with Gasteiger partial charge in [0.05, 0.1) is 9.79 Å². The molecule has 0 bridgehead atoms. The first kappa shape index (κ1) is 23.0. The number of amides is 1. The number of carbonyl (C=O) groups excluding carboxylic acids is 1. The lowest BCUT2D eigenvalue weighted by Crippen LogP contribution is -2.26. The third-order valence-electron chi connectivity index (χ3n) is 5.03. The zero-order chi connectivity index (χ0) is 23.6. The van der Waals surface area contributed by atoms with Gasteiger partial charge < -0.3 is 5.32 Å². The average Bonchev–Trinajstić information content (AvgIpc) is 3.58. The standard InChI is InChI=1S/C23H23N3O5S2/c1-16-5-13-21(14-6-16)32(28,29)25-19-9-7-18(8-10-19)24-23(27)17-3-2-4-22(15-17)33(30,31)26-20-11-12-20/h2-10,13-15,20,25-26H,11-12H2,1H3,(H,24,27). The van der Waals surface area contributed by atoms with Gasteiger partial charge in [-0.3, -0.25) is 9.52 Å². The monoisotopic (exact) mass is 485 g/mol. The van der Waals surface area contributed by atoms with Crippen molar-refractivity contribution in [2.75, 3.05) is 10.0 Å². The SMILES string of the molecule is Cc1ccc(S(=O)(=O)Nc2ccc(NC(=O)c3cccc(S(=O)(=O)NC4CC4)c3)cc2)cc1. The Hall–Kier alpha value is -3.21. The molecular weight excluding hydrogens is 462 g/mol. The van der Waals surface area contributed by atoms with Crippen molar-refractivity contribution in [3.05, 3.63) is 83.9 Å². The van der Waals surface area contributed by atoms with Gasteiger partial charge in [0.15, 0.2) is 0 Å². The third-order valence-corrected chi connectivity index (χ3v) is 7.95. The maximum absolute atomic E-state index is 12.6. The van der Waals surface area contributed by atoms with Crippen LogP contribution in [0.1, 0.15) is 28.8 Å². The predicted molar refractivity (Wildman–Crippen MR) is 126 cm³/mol. The Morgan fingerprint density at radius 3 is 2.06 bits per heavy atom. The normalized spacial score (nSPS) is 14.0. The second kappa shape index (κ2) is 8.97. The summed E-state index contributed by atoms with van der Waals surface area (Å²) in [6.45, 7) is 1.87. The molecule has 0 aromatic heterocycles. The molecule has 3 aromatic carbocycles. The number of aryl methyl sites for hydroxylation is 1. The quantitative estimate of drug-likeness (QED) is 0.451. The van der Waals surface area contributed by atoms with E-state index in [-0.39, 0.29) is 21.4 Å². The molecule has 0 radical (unpaired) electrons. The van der Waals surface area contributed by atoms with Gasteiger partial charge in [0.25, 0.3) is 15.9 Å². The second-order valence-electron chi connectivity index (χ2n) is 7.87. The first-order valence-corrected chi connectivity index (χ1v) is 13.2. The summed E-state index contributed by atoms with van der Waals surface area (Å²) < 4.78 is 54.9. The molecule has 1 amide bonds. The number of hydrogen-bond acceptors (Lipinski definition) is 5. The van der Waals surface area contributed by atoms with Gasteiger partial charge in [-0.15, -0.1) is 0 Å². The lowest BCUT2D eigenvalue weighted by Gasteiger charge is -2.11. The van der Waals surface area contributed by atoms with Crippen LogP contribution in [0.15, 0.2) is 82.6 Å². The molecule has 1 aliphatic rings. The maximum Gasteiger partial charge on any atom is 0.261 e. The van der Waals surface area contributed by atoms with E-state index in [2.05, 4.69) is 14.8 Å². The fraction of sp³-hybridized carbons (Fsp3) is 0.174. The smallest absolute Gasteiger partial charge is 0.261 e. The lowest BCUT2D eigenvalue weighted by atomic mass is 10.2. The zero-order valence-electron chi connectivity index (χ0n) is 17.8. The maximum atomic E-state index is 12.6. The van der Waals surface area contributed by atoms with Gasteiger partial charge in [0.1, 0.15) is 0 Å². The Morgan fingerprint density at radius 2 is 1.42 bits per heavy atom. The molecule has 10 heteroatoms. The van der Waals surface area contributed by atoms with E-state index in [0.29, 0.717) is 11.4 Å². The Balaban J connectivity index is 1.43. The van der Waals surface area contributed by atoms with Gasteiger partial charge in [-0.05, 0) is 74.4 Å². The summed E-state index contributed by atoms with van der Waals surface area (Å²) >= 11 is 0. The summed E-state index contributed by atoms with van der Waals surface area (Å²) in [5.74, 6) is -0.480. The molecule has 0 saturated heterocycles. The molecule has 0 aliphatic heterocycles. The second-order valence-corrected chi connectivity index (χ2v) is 11.3. The molecule has 1 aliphatic carbocycles. The molecule has 1 saturated carbocycles. The van der Waals surface area contributed by atoms with Crippen LogP contribution in [0.4, 0.5) is 11.4 Å². The van der Waals surface area contributed by atoms with Crippen LogP contribution in [-0.2, 0) is 20.0 Å². The van der Waals surface area contributed by atoms with E-state index in [4.69, 9.17) is 0 Å². The summed E-state index contributed by atoms with van der Waals surface area (Å²) in [6.07, 6.45) is 1.63. The highest BCUT2D eigenvalue weighted by Gasteiger charge is 2.28. The minimum Gasteiger partial charge on any atom is -0.322 e. The molecule has 4 rings (SSSR count). The lowest BCUT2D eigenvalue weighted by molar-refractivity contribution is 0.102. The van der Waals surface area contributed by atoms with Gasteiger partial charge in [0.2, 0.25) is 10.0 Å². The van der Waals surface area contributed by atoms with Crippen LogP contribution in [0.3, 0.4) is 0 Å². The van der Waals surface area contributed by atoms with Gasteiger partial charge in [0, 0.05) is 23.0 Å². The Kier molecular flexibility index (Phi) is 6.24. The highest BCUT2D eigenvalue weighted by molar-refractivity contribution is 7.92. The van der Waals surface area contributed by atoms with E-state index in [9.17, 15) is 21.6 Å². The van der Waals surface area contributed by atoms with Crippen molar-refractivity contribution in [2.24, 2.45) is 0 Å². The van der Waals surface area contributed by atoms with Gasteiger partial charge in [-0.2, -0.15) is 0 Å². The molecular formula is C23H23N3O5S2. The van der Waals surface area contributed by atoms with Crippen LogP contribution in [-0.4, -0.2) is 28.8 Å². The Morgan fingerprint density at radius 1 is 0.788 bits per heavy atom. The van der Waals surface area contributed by atoms with E-state index in [0.717, 1.165) is 18.4 Å². The largest absolute Gasteiger partial charge is 0.322 e. The number of nitrogens with one attached hydrogen (secondary N) is 3. The number of anilines is 2. The number of sulfonamides is 2. The highest BCUT2D eigenvalue weighted by Crippen LogP contribution is 2.23. The third kappa shape index (κ3) is 5.78. The van der Waals surface area contributed by atoms with E-state index in [1.807, 2.05) is 6.92 Å². The van der Waals surface area contributed by atoms with Crippen LogP contribution in [0.5, 0.6) is 0 Å². The van der Waals surface area contributed by atoms with Crippen LogP contribution in [0.25, 0.3) is 0 Å². The van der Waals surface area contributed by atoms with E-state index in [1.165, 1.54) is 48.5 Å². The van der Waals surface area contributed by atoms with Crippen molar-refractivity contribution in [3.63, 3.8) is 0 Å². The number of benzene rings is 3. The van der Waals surface area contributed by atoms with Crippen molar-refractivity contribution in [3.8, 4) is 0 Å². The van der Waals surface area contributed by atoms with E-state index in [1.54, 1.807) is 24.3 Å². The van der Waals surface area contributed by atoms with Gasteiger partial charge >= 0.3 is 0 Å². The van der Waals surface area contributed by atoms with Crippen molar-refractivity contribution in [1.29, 1.82) is 0 Å². The predicted octanol–water partition coefficient (Wildman–Crippen LogP) is 3.49. The molecule has 1 fully saturated rings. The molecule has 0 atom stereocenters. The number of carbonyl (C=O) groups is 1. The van der Waals surface area contributed by atoms with E-state index < -0.39 is 26.0 Å². The number of hydrogen-bond donors (Lipinski definition) is 3. The van der Waals surface area contributed by atoms with Gasteiger partial charge in [-0.25, -0.2) is 21.6 Å². The summed E-state index contributed by atoms with van der Waals surface area (Å²) in [5, 5.41) is 2.69. The highest BCUT2D eigenvalue weighted by atomic mass is 32.2. The summed E-state index contributed by atoms with van der Waals surface area (Å²) in [4.78, 5) is 12.8. The first-order chi connectivity index (χ1) is 15.6. The fourth-order valence-electron chi connectivity index (χ4n) is 3.05. The Labute approximate surface area is 193 Å². The van der Waals surface area contributed by atoms with Crippen LogP contribution in [0, 0.1) is 6.92 Å². The molecule has 3 aromatic rings. The summed E-state index contributed by atoms with van der Waals surface area (Å²) in [7, 11) is -7.40. The molecule has 0 unspecified atom stereocenters. The summed E-state index contributed by atoms with van der Waals surface area (Å²) in [6, 6.07) is 18.4. The van der Waals surface area contributed by atoms with Crippen molar-refractivity contribution in [1.82, 2.24) is 4.72 Å². The van der Waals surface area contributed by atoms with Crippen molar-refractivity contribution in [2.45, 2.75) is 35.6 Å². The molecule has 172 valence electrons. The molecule has 0 spiro atoms. The molecule has 33 heavy (non-hydrogen) atoms. The molecule has 0 heterocycles. The zero-order valence-corrected chi connectivity index (χ0v) is 19.4. The van der Waals surface area contributed by atoms with Crippen molar-refractivity contribution >= 4 is 37.3 Å². The van der Waals surface area contributed by atoms with Crippen molar-refractivity contribution < 1.29 is 21.6 Å². The van der Waals surface area contributed by atoms with Gasteiger partial charge in [-0.1, -0.05) is 23.8 Å². The van der Waals surface area contributed by atoms with E-state index >= 15 is 0 Å². The molecule has 3 N–H and O–H groups in total. The first-order valence-electron chi connectivity index (χ1n) is 10.3. The minimum absolute atomic E-state index is 0.0305. The fourth-order valence-corrected chi connectivity index (χ4v) is 5.46. The van der Waals surface area contributed by atoms with Crippen LogP contribution < -0.4 is 14.8 Å².